The summed E-state index contributed by atoms with van der Waals surface area (Å²) >= 11 is 0. The Labute approximate surface area is 605 Å². The molecule has 100 heavy (non-hydrogen) atoms. The van der Waals surface area contributed by atoms with E-state index < -0.39 is 124 Å². The molecule has 3 saturated heterocycles. The maximum absolute atomic E-state index is 13.5. The van der Waals surface area contributed by atoms with Crippen molar-refractivity contribution in [3.63, 3.8) is 0 Å². The maximum atomic E-state index is 13.5. The number of carbonyl (C=O) groups excluding carboxylic acids is 1. The predicted molar refractivity (Wildman–Crippen MR) is 397 cm³/mol. The van der Waals surface area contributed by atoms with Crippen LogP contribution in [-0.4, -0.2) is 193 Å². The number of aliphatic hydroxyl groups is 11. The van der Waals surface area contributed by atoms with Crippen molar-refractivity contribution in [1.29, 1.82) is 0 Å². The SMILES string of the molecule is CC/C=C\C/C=C\C/C=C\C/C=C\CCCCCCCCCCCCCCCCCCCCCCCCC(=O)NC(COC1OC(CO)C(OC2OC(CO)C(OC3OC(CO)C(O)C(O)C3O)C(O)C2O)C(O)C1O)C(O)/C=C/CCCCCCCCCCCCCCCCCCCC. The summed E-state index contributed by atoms with van der Waals surface area (Å²) in [5.74, 6) is -0.270. The Balaban J connectivity index is 1.34. The van der Waals surface area contributed by atoms with Gasteiger partial charge < -0.3 is 89.9 Å². The molecule has 0 saturated carbocycles. The Bertz CT molecular complexity index is 2040. The van der Waals surface area contributed by atoms with Crippen LogP contribution in [0.5, 0.6) is 0 Å². The zero-order valence-electron chi connectivity index (χ0n) is 62.4. The van der Waals surface area contributed by atoms with Crippen LogP contribution < -0.4 is 5.32 Å². The van der Waals surface area contributed by atoms with E-state index in [9.17, 15) is 61.0 Å². The smallest absolute Gasteiger partial charge is 0.220 e. The Morgan fingerprint density at radius 2 is 0.690 bits per heavy atom. The van der Waals surface area contributed by atoms with Gasteiger partial charge in [0.2, 0.25) is 5.91 Å². The summed E-state index contributed by atoms with van der Waals surface area (Å²) in [5, 5.41) is 121. The summed E-state index contributed by atoms with van der Waals surface area (Å²) in [5.41, 5.74) is 0. The molecule has 19 heteroatoms. The normalized spacial score (nSPS) is 26.8. The molecule has 17 atom stereocenters. The fourth-order valence-electron chi connectivity index (χ4n) is 13.6. The first-order valence-electron chi connectivity index (χ1n) is 40.5. The zero-order chi connectivity index (χ0) is 72.5. The number of ether oxygens (including phenoxy) is 6. The molecule has 3 heterocycles. The van der Waals surface area contributed by atoms with Crippen molar-refractivity contribution in [2.75, 3.05) is 26.4 Å². The van der Waals surface area contributed by atoms with Crippen LogP contribution >= 0.6 is 0 Å². The minimum Gasteiger partial charge on any atom is -0.394 e. The largest absolute Gasteiger partial charge is 0.394 e. The highest BCUT2D eigenvalue weighted by molar-refractivity contribution is 5.76. The fourth-order valence-corrected chi connectivity index (χ4v) is 13.6. The average molecular weight is 1420 g/mol. The number of hydrogen-bond donors (Lipinski definition) is 12. The molecule has 3 rings (SSSR count). The Kier molecular flexibility index (Phi) is 56.5. The maximum Gasteiger partial charge on any atom is 0.220 e. The standard InChI is InChI=1S/C81H147NO18/c1-3-5-7-9-11-13-15-17-19-21-23-25-26-27-28-29-30-31-32-33-34-35-36-37-38-39-41-43-45-47-49-51-53-55-57-59-69(87)82-64(65(86)58-56-54-52-50-48-46-44-42-40-24-22-20-18-16-14-12-10-8-6-4-2)63-95-79-75(93)72(90)77(67(61-84)97-79)100-81-76(94)73(91)78(68(62-85)98-81)99-80-74(92)71(89)70(88)66(60-83)96-80/h5,7,11,13,17,19,23,25,56,58,64-68,70-81,83-86,88-94H,3-4,6,8-10,12,14-16,18,20-22,24,26-55,57,59-63H2,1-2H3,(H,82,87)/b7-5-,13-11-,19-17-,25-23-,58-56+. The lowest BCUT2D eigenvalue weighted by Gasteiger charge is -2.48. The zero-order valence-corrected chi connectivity index (χ0v) is 62.4. The molecule has 3 aliphatic rings. The van der Waals surface area contributed by atoms with Gasteiger partial charge in [-0.25, -0.2) is 0 Å². The van der Waals surface area contributed by atoms with Crippen molar-refractivity contribution in [1.82, 2.24) is 5.32 Å². The topological polar surface area (TPSA) is 307 Å². The van der Waals surface area contributed by atoms with Crippen molar-refractivity contribution in [2.24, 2.45) is 0 Å². The molecule has 0 bridgehead atoms. The molecule has 0 aliphatic carbocycles. The van der Waals surface area contributed by atoms with Crippen LogP contribution in [0, 0.1) is 0 Å². The van der Waals surface area contributed by atoms with Crippen LogP contribution in [0.25, 0.3) is 0 Å². The van der Waals surface area contributed by atoms with E-state index >= 15 is 0 Å². The lowest BCUT2D eigenvalue weighted by Crippen LogP contribution is -2.66. The molecule has 584 valence electrons. The van der Waals surface area contributed by atoms with Gasteiger partial charge in [-0.2, -0.15) is 0 Å². The first kappa shape index (κ1) is 91.7. The lowest BCUT2D eigenvalue weighted by atomic mass is 9.96. The fraction of sp³-hybridized carbons (Fsp3) is 0.864. The van der Waals surface area contributed by atoms with E-state index in [1.54, 1.807) is 6.08 Å². The van der Waals surface area contributed by atoms with E-state index in [2.05, 4.69) is 67.8 Å². The molecule has 0 aromatic carbocycles. The Hall–Kier alpha value is -2.51. The molecular weight excluding hydrogens is 1270 g/mol. The molecular formula is C81H147NO18. The third-order valence-electron chi connectivity index (χ3n) is 20.1. The molecule has 3 fully saturated rings. The molecule has 19 nitrogen and oxygen atoms in total. The van der Waals surface area contributed by atoms with Gasteiger partial charge in [0.15, 0.2) is 18.9 Å². The first-order valence-corrected chi connectivity index (χ1v) is 40.5. The van der Waals surface area contributed by atoms with E-state index in [4.69, 9.17) is 28.4 Å². The molecule has 0 spiro atoms. The van der Waals surface area contributed by atoms with E-state index in [1.807, 2.05) is 6.08 Å². The molecule has 1 amide bonds. The number of unbranched alkanes of at least 4 members (excludes halogenated alkanes) is 40. The number of carbonyl (C=O) groups is 1. The summed E-state index contributed by atoms with van der Waals surface area (Å²) in [7, 11) is 0. The van der Waals surface area contributed by atoms with Crippen LogP contribution in [0.15, 0.2) is 60.8 Å². The molecule has 0 radical (unpaired) electrons. The second kappa shape index (κ2) is 61.6. The third kappa shape index (κ3) is 41.4. The molecule has 12 N–H and O–H groups in total. The molecule has 17 unspecified atom stereocenters. The molecule has 0 aromatic heterocycles. The first-order chi connectivity index (χ1) is 48.8. The highest BCUT2D eigenvalue weighted by Gasteiger charge is 2.54. The van der Waals surface area contributed by atoms with Crippen LogP contribution in [0.2, 0.25) is 0 Å². The predicted octanol–water partition coefficient (Wildman–Crippen LogP) is 13.5. The third-order valence-corrected chi connectivity index (χ3v) is 20.1. The van der Waals surface area contributed by atoms with Gasteiger partial charge in [-0.05, 0) is 57.8 Å². The second-order valence-electron chi connectivity index (χ2n) is 28.9. The highest BCUT2D eigenvalue weighted by Crippen LogP contribution is 2.33. The van der Waals surface area contributed by atoms with Crippen molar-refractivity contribution in [3.05, 3.63) is 60.8 Å². The van der Waals surface area contributed by atoms with Gasteiger partial charge in [0.25, 0.3) is 0 Å². The summed E-state index contributed by atoms with van der Waals surface area (Å²) in [6.07, 6.45) is 52.1. The van der Waals surface area contributed by atoms with Crippen LogP contribution in [0.4, 0.5) is 0 Å². The average Bonchev–Trinajstić information content (AvgIpc) is 0.783. The van der Waals surface area contributed by atoms with E-state index in [1.165, 1.54) is 218 Å². The minimum atomic E-state index is -1.98. The second-order valence-corrected chi connectivity index (χ2v) is 28.9. The number of amides is 1. The Morgan fingerprint density at radius 1 is 0.370 bits per heavy atom. The summed E-state index contributed by atoms with van der Waals surface area (Å²) in [6, 6.07) is -0.974. The van der Waals surface area contributed by atoms with Gasteiger partial charge in [0.1, 0.15) is 73.2 Å². The number of allylic oxidation sites excluding steroid dienone is 9. The monoisotopic (exact) mass is 1420 g/mol. The summed E-state index contributed by atoms with van der Waals surface area (Å²) in [6.45, 7) is 1.66. The van der Waals surface area contributed by atoms with E-state index in [0.717, 1.165) is 70.6 Å². The van der Waals surface area contributed by atoms with Crippen molar-refractivity contribution >= 4 is 5.91 Å². The van der Waals surface area contributed by atoms with Crippen LogP contribution in [-0.2, 0) is 33.2 Å². The minimum absolute atomic E-state index is 0.246. The van der Waals surface area contributed by atoms with Crippen molar-refractivity contribution in [2.45, 2.75) is 420 Å². The quantitative estimate of drug-likeness (QED) is 0.0199. The summed E-state index contributed by atoms with van der Waals surface area (Å²) in [4.78, 5) is 13.5. The lowest BCUT2D eigenvalue weighted by molar-refractivity contribution is -0.379. The highest BCUT2D eigenvalue weighted by atomic mass is 16.8. The molecule has 0 aromatic rings. The number of hydrogen-bond acceptors (Lipinski definition) is 18. The number of nitrogens with one attached hydrogen (secondary N) is 1. The van der Waals surface area contributed by atoms with Gasteiger partial charge in [-0.3, -0.25) is 4.79 Å². The van der Waals surface area contributed by atoms with Gasteiger partial charge in [-0.15, -0.1) is 0 Å². The van der Waals surface area contributed by atoms with E-state index in [-0.39, 0.29) is 18.9 Å². The van der Waals surface area contributed by atoms with Crippen molar-refractivity contribution < 1.29 is 89.4 Å². The number of rotatable bonds is 64. The Morgan fingerprint density at radius 3 is 1.08 bits per heavy atom. The van der Waals surface area contributed by atoms with Gasteiger partial charge in [0, 0.05) is 6.42 Å². The van der Waals surface area contributed by atoms with Crippen LogP contribution in [0.3, 0.4) is 0 Å². The summed E-state index contributed by atoms with van der Waals surface area (Å²) < 4.78 is 34.5. The van der Waals surface area contributed by atoms with E-state index in [0.29, 0.717) is 6.42 Å². The van der Waals surface area contributed by atoms with Crippen LogP contribution in [0.1, 0.15) is 316 Å². The number of aliphatic hydroxyl groups excluding tert-OH is 11. The molecule has 3 aliphatic heterocycles. The van der Waals surface area contributed by atoms with Gasteiger partial charge >= 0.3 is 0 Å². The van der Waals surface area contributed by atoms with Gasteiger partial charge in [-0.1, -0.05) is 312 Å². The van der Waals surface area contributed by atoms with Crippen molar-refractivity contribution in [3.8, 4) is 0 Å². The van der Waals surface area contributed by atoms with Gasteiger partial charge in [0.05, 0.1) is 38.6 Å².